The molecule has 4 heteroatoms. The summed E-state index contributed by atoms with van der Waals surface area (Å²) in [7, 11) is 13.1. The van der Waals surface area contributed by atoms with Crippen LogP contribution < -0.4 is 56.9 Å². The highest BCUT2D eigenvalue weighted by Gasteiger charge is 2.15. The first kappa shape index (κ1) is 19.0. The number of benzene rings is 1. The predicted molar refractivity (Wildman–Crippen MR) is 65.6 cm³/mol. The molecule has 1 aromatic carbocycles. The maximum atomic E-state index is 2.21. The maximum absolute atomic E-state index is 2.21. The average molecular weight is 448 g/mol. The van der Waals surface area contributed by atoms with Crippen LogP contribution in [0.15, 0.2) is 24.3 Å². The fraction of sp³-hybridized carbons (Fsp3) is 0.500. The SMILES string of the molecule is C[N+](C)(C)c1ccc([N+](C)(C)C)cc1.[I-].[I-]. The van der Waals surface area contributed by atoms with Gasteiger partial charge in [0.05, 0.1) is 42.3 Å². The van der Waals surface area contributed by atoms with E-state index in [9.17, 15) is 0 Å². The number of hydrogen-bond acceptors (Lipinski definition) is 0. The van der Waals surface area contributed by atoms with Crippen molar-refractivity contribution in [2.24, 2.45) is 0 Å². The Labute approximate surface area is 134 Å². The first-order chi connectivity index (χ1) is 6.21. The molecule has 2 nitrogen and oxygen atoms in total. The van der Waals surface area contributed by atoms with Crippen molar-refractivity contribution in [3.05, 3.63) is 24.3 Å². The van der Waals surface area contributed by atoms with Crippen LogP contribution in [0.4, 0.5) is 11.4 Å². The fourth-order valence-electron chi connectivity index (χ4n) is 1.35. The molecule has 0 fully saturated rings. The lowest BCUT2D eigenvalue weighted by Crippen LogP contribution is -3.00. The molecule has 0 aliphatic carbocycles. The summed E-state index contributed by atoms with van der Waals surface area (Å²) in [5, 5.41) is 0. The molecule has 0 aliphatic heterocycles. The molecule has 16 heavy (non-hydrogen) atoms. The van der Waals surface area contributed by atoms with Crippen LogP contribution in [0.3, 0.4) is 0 Å². The van der Waals surface area contributed by atoms with Crippen molar-refractivity contribution >= 4 is 11.4 Å². The molecular weight excluding hydrogens is 426 g/mol. The van der Waals surface area contributed by atoms with Crippen molar-refractivity contribution in [1.82, 2.24) is 8.97 Å². The number of halogens is 2. The van der Waals surface area contributed by atoms with Crippen molar-refractivity contribution in [3.63, 3.8) is 0 Å². The van der Waals surface area contributed by atoms with Gasteiger partial charge in [-0.2, -0.15) is 0 Å². The smallest absolute Gasteiger partial charge is 0.132 e. The minimum atomic E-state index is 0. The Morgan fingerprint density at radius 2 is 0.750 bits per heavy atom. The molecule has 0 radical (unpaired) electrons. The van der Waals surface area contributed by atoms with Crippen LogP contribution in [0.5, 0.6) is 0 Å². The van der Waals surface area contributed by atoms with Crippen molar-refractivity contribution in [3.8, 4) is 0 Å². The summed E-state index contributed by atoms with van der Waals surface area (Å²) in [6.45, 7) is 0. The summed E-state index contributed by atoms with van der Waals surface area (Å²) in [5.74, 6) is 0. The van der Waals surface area contributed by atoms with E-state index in [1.807, 2.05) is 0 Å². The highest BCUT2D eigenvalue weighted by atomic mass is 127. The van der Waals surface area contributed by atoms with Crippen LogP contribution in [0, 0.1) is 0 Å². The van der Waals surface area contributed by atoms with E-state index < -0.39 is 0 Å². The largest absolute Gasteiger partial charge is 1.00 e. The molecule has 0 bridgehead atoms. The van der Waals surface area contributed by atoms with E-state index in [0.717, 1.165) is 8.97 Å². The molecule has 0 saturated carbocycles. The first-order valence-electron chi connectivity index (χ1n) is 4.95. The Morgan fingerprint density at radius 3 is 0.875 bits per heavy atom. The maximum Gasteiger partial charge on any atom is 0.132 e. The monoisotopic (exact) mass is 448 g/mol. The van der Waals surface area contributed by atoms with Crippen LogP contribution in [-0.4, -0.2) is 42.3 Å². The molecule has 0 spiro atoms. The van der Waals surface area contributed by atoms with E-state index in [4.69, 9.17) is 0 Å². The van der Waals surface area contributed by atoms with Crippen molar-refractivity contribution in [2.75, 3.05) is 42.3 Å². The molecule has 0 unspecified atom stereocenters. The van der Waals surface area contributed by atoms with E-state index in [0.29, 0.717) is 0 Å². The Morgan fingerprint density at radius 1 is 0.562 bits per heavy atom. The minimum Gasteiger partial charge on any atom is -1.00 e. The van der Waals surface area contributed by atoms with Crippen molar-refractivity contribution in [2.45, 2.75) is 0 Å². The van der Waals surface area contributed by atoms with Crippen LogP contribution >= 0.6 is 0 Å². The standard InChI is InChI=1S/C12H22N2.2HI/c1-13(2,3)11-7-9-12(10-8-11)14(4,5)6;;/h7-10H,1-6H3;2*1H/q+2;;/p-2. The van der Waals surface area contributed by atoms with E-state index >= 15 is 0 Å². The third-order valence-corrected chi connectivity index (χ3v) is 2.40. The normalized spacial score (nSPS) is 11.4. The van der Waals surface area contributed by atoms with Gasteiger partial charge in [-0.1, -0.05) is 0 Å². The summed E-state index contributed by atoms with van der Waals surface area (Å²) in [4.78, 5) is 0. The second-order valence-corrected chi connectivity index (χ2v) is 5.54. The summed E-state index contributed by atoms with van der Waals surface area (Å²) in [5.41, 5.74) is 2.67. The van der Waals surface area contributed by atoms with Crippen molar-refractivity contribution in [1.29, 1.82) is 0 Å². The zero-order valence-corrected chi connectivity index (χ0v) is 15.3. The van der Waals surface area contributed by atoms with Gasteiger partial charge in [-0.15, -0.1) is 0 Å². The summed E-state index contributed by atoms with van der Waals surface area (Å²) < 4.78 is 1.74. The van der Waals surface area contributed by atoms with Gasteiger partial charge in [0.15, 0.2) is 0 Å². The Hall–Kier alpha value is 0.600. The van der Waals surface area contributed by atoms with Gasteiger partial charge >= 0.3 is 0 Å². The third-order valence-electron chi connectivity index (χ3n) is 2.40. The van der Waals surface area contributed by atoms with E-state index in [1.54, 1.807) is 0 Å². The Bertz CT molecular complexity index is 274. The van der Waals surface area contributed by atoms with Gasteiger partial charge in [-0.3, -0.25) is 8.97 Å². The van der Waals surface area contributed by atoms with Crippen LogP contribution in [-0.2, 0) is 0 Å². The summed E-state index contributed by atoms with van der Waals surface area (Å²) >= 11 is 0. The molecule has 0 heterocycles. The van der Waals surface area contributed by atoms with Gasteiger partial charge < -0.3 is 48.0 Å². The minimum absolute atomic E-state index is 0. The number of quaternary nitrogens is 2. The molecule has 0 N–H and O–H groups in total. The van der Waals surface area contributed by atoms with Crippen LogP contribution in [0.1, 0.15) is 0 Å². The zero-order valence-electron chi connectivity index (χ0n) is 11.0. The summed E-state index contributed by atoms with van der Waals surface area (Å²) in [6, 6.07) is 8.83. The van der Waals surface area contributed by atoms with E-state index in [1.165, 1.54) is 11.4 Å². The molecule has 1 aromatic rings. The highest BCUT2D eigenvalue weighted by Crippen LogP contribution is 2.23. The fourth-order valence-corrected chi connectivity index (χ4v) is 1.35. The van der Waals surface area contributed by atoms with Gasteiger partial charge in [0.1, 0.15) is 11.4 Å². The second kappa shape index (κ2) is 6.51. The average Bonchev–Trinajstić information content (AvgIpc) is 2.01. The molecule has 0 atom stereocenters. The molecule has 0 aromatic heterocycles. The molecule has 0 amide bonds. The third kappa shape index (κ3) is 5.29. The van der Waals surface area contributed by atoms with Gasteiger partial charge in [-0.25, -0.2) is 0 Å². The molecule has 0 aliphatic rings. The molecular formula is C12H22I2N2. The quantitative estimate of drug-likeness (QED) is 0.321. The van der Waals surface area contributed by atoms with E-state index in [2.05, 4.69) is 66.6 Å². The lowest BCUT2D eigenvalue weighted by molar-refractivity contribution is -0.00100. The number of hydrogen-bond donors (Lipinski definition) is 0. The topological polar surface area (TPSA) is 0 Å². The van der Waals surface area contributed by atoms with Gasteiger partial charge in [0.25, 0.3) is 0 Å². The molecule has 0 saturated heterocycles. The highest BCUT2D eigenvalue weighted by molar-refractivity contribution is 5.51. The second-order valence-electron chi connectivity index (χ2n) is 5.54. The Balaban J connectivity index is 0. The van der Waals surface area contributed by atoms with Gasteiger partial charge in [0.2, 0.25) is 0 Å². The van der Waals surface area contributed by atoms with Crippen LogP contribution in [0.25, 0.3) is 0 Å². The lowest BCUT2D eigenvalue weighted by Gasteiger charge is -2.26. The number of rotatable bonds is 2. The lowest BCUT2D eigenvalue weighted by atomic mass is 10.2. The Kier molecular flexibility index (Phi) is 7.71. The van der Waals surface area contributed by atoms with Gasteiger partial charge in [-0.05, 0) is 0 Å². The van der Waals surface area contributed by atoms with Gasteiger partial charge in [0, 0.05) is 24.3 Å². The van der Waals surface area contributed by atoms with Crippen molar-refractivity contribution < 1.29 is 48.0 Å². The molecule has 1 rings (SSSR count). The zero-order chi connectivity index (χ0) is 11.0. The van der Waals surface area contributed by atoms with E-state index in [-0.39, 0.29) is 48.0 Å². The molecule has 94 valence electrons. The summed E-state index contributed by atoms with van der Waals surface area (Å²) in [6.07, 6.45) is 0. The predicted octanol–water partition coefficient (Wildman–Crippen LogP) is -3.91. The first-order valence-corrected chi connectivity index (χ1v) is 4.95. The number of nitrogens with zero attached hydrogens (tertiary/aromatic N) is 2. The van der Waals surface area contributed by atoms with Crippen LogP contribution in [0.2, 0.25) is 0 Å².